The van der Waals surface area contributed by atoms with Gasteiger partial charge in [0, 0.05) is 0 Å². The topological polar surface area (TPSA) is 12.0 Å². The molecule has 0 fully saturated rings. The van der Waals surface area contributed by atoms with Crippen LogP contribution in [-0.4, -0.2) is 6.00 Å². The van der Waals surface area contributed by atoms with Crippen molar-refractivity contribution in [3.63, 3.8) is 0 Å². The summed E-state index contributed by atoms with van der Waals surface area (Å²) in [5.41, 5.74) is 1.17. The molecular weight excluding hydrogens is 158 g/mol. The second kappa shape index (κ2) is 4.80. The van der Waals surface area contributed by atoms with Gasteiger partial charge >= 0.3 is 0 Å². The van der Waals surface area contributed by atoms with Gasteiger partial charge in [0.1, 0.15) is 0 Å². The molecule has 0 saturated heterocycles. The maximum atomic E-state index is 5.41. The molecule has 1 rings (SSSR count). The summed E-state index contributed by atoms with van der Waals surface area (Å²) in [6, 6.07) is 10.5. The average molecular weight is 168 g/mol. The molecule has 1 nitrogen and oxygen atoms in total. The molecule has 0 amide bonds. The van der Waals surface area contributed by atoms with E-state index in [9.17, 15) is 0 Å². The molecule has 0 aliphatic rings. The van der Waals surface area contributed by atoms with Crippen LogP contribution in [0.25, 0.3) is 6.08 Å². The van der Waals surface area contributed by atoms with E-state index in [1.807, 2.05) is 42.6 Å². The van der Waals surface area contributed by atoms with E-state index in [1.165, 1.54) is 5.56 Å². The summed E-state index contributed by atoms with van der Waals surface area (Å²) in [4.78, 5) is 0. The monoisotopic (exact) mass is 167 g/mol. The second-order valence-electron chi connectivity index (χ2n) is 2.08. The van der Waals surface area contributed by atoms with E-state index in [4.69, 9.17) is 11.6 Å². The standard InChI is InChI=1S/C9H10ClN/c10-8-11-7-6-9-4-2-1-3-5-9/h1-7,11H,8H2. The van der Waals surface area contributed by atoms with E-state index in [-0.39, 0.29) is 0 Å². The van der Waals surface area contributed by atoms with Crippen molar-refractivity contribution in [3.05, 3.63) is 42.1 Å². The molecule has 0 spiro atoms. The lowest BCUT2D eigenvalue weighted by Gasteiger charge is -1.91. The molecule has 0 aromatic heterocycles. The summed E-state index contributed by atoms with van der Waals surface area (Å²) >= 11 is 5.41. The Balaban J connectivity index is 2.50. The molecule has 0 bridgehead atoms. The van der Waals surface area contributed by atoms with Crippen molar-refractivity contribution in [1.82, 2.24) is 5.32 Å². The van der Waals surface area contributed by atoms with Crippen molar-refractivity contribution < 1.29 is 0 Å². The first-order chi connectivity index (χ1) is 5.43. The Hall–Kier alpha value is -0.950. The van der Waals surface area contributed by atoms with Gasteiger partial charge < -0.3 is 5.32 Å². The van der Waals surface area contributed by atoms with Gasteiger partial charge in [0.05, 0.1) is 6.00 Å². The van der Waals surface area contributed by atoms with E-state index in [0.717, 1.165) is 0 Å². The molecule has 0 aliphatic heterocycles. The minimum absolute atomic E-state index is 0.448. The zero-order valence-corrected chi connectivity index (χ0v) is 6.88. The van der Waals surface area contributed by atoms with Crippen molar-refractivity contribution in [2.75, 3.05) is 6.00 Å². The highest BCUT2D eigenvalue weighted by molar-refractivity contribution is 6.17. The maximum absolute atomic E-state index is 5.41. The minimum atomic E-state index is 0.448. The first-order valence-electron chi connectivity index (χ1n) is 3.44. The molecule has 0 aliphatic carbocycles. The van der Waals surface area contributed by atoms with Crippen molar-refractivity contribution in [1.29, 1.82) is 0 Å². The van der Waals surface area contributed by atoms with Gasteiger partial charge in [0.25, 0.3) is 0 Å². The smallest absolute Gasteiger partial charge is 0.0897 e. The molecule has 58 valence electrons. The molecule has 0 unspecified atom stereocenters. The van der Waals surface area contributed by atoms with Crippen LogP contribution in [0.5, 0.6) is 0 Å². The quantitative estimate of drug-likeness (QED) is 0.539. The fourth-order valence-corrected chi connectivity index (χ4v) is 0.853. The van der Waals surface area contributed by atoms with Gasteiger partial charge in [-0.3, -0.25) is 0 Å². The summed E-state index contributed by atoms with van der Waals surface area (Å²) in [5, 5.41) is 2.88. The van der Waals surface area contributed by atoms with E-state index >= 15 is 0 Å². The van der Waals surface area contributed by atoms with Crippen LogP contribution in [0.1, 0.15) is 5.56 Å². The van der Waals surface area contributed by atoms with Crippen molar-refractivity contribution in [2.45, 2.75) is 0 Å². The predicted octanol–water partition coefficient (Wildman–Crippen LogP) is 2.44. The highest BCUT2D eigenvalue weighted by Gasteiger charge is 1.79. The number of nitrogens with one attached hydrogen (secondary N) is 1. The van der Waals surface area contributed by atoms with Crippen LogP contribution in [0.4, 0.5) is 0 Å². The first-order valence-corrected chi connectivity index (χ1v) is 3.98. The first kappa shape index (κ1) is 8.15. The SMILES string of the molecule is ClCNC=Cc1ccccc1. The van der Waals surface area contributed by atoms with E-state index in [0.29, 0.717) is 6.00 Å². The summed E-state index contributed by atoms with van der Waals surface area (Å²) in [6.45, 7) is 0. The van der Waals surface area contributed by atoms with Crippen LogP contribution >= 0.6 is 11.6 Å². The average Bonchev–Trinajstić information content (AvgIpc) is 2.07. The third kappa shape index (κ3) is 3.10. The van der Waals surface area contributed by atoms with Crippen LogP contribution < -0.4 is 5.32 Å². The summed E-state index contributed by atoms with van der Waals surface area (Å²) in [5.74, 6) is 0. The van der Waals surface area contributed by atoms with E-state index < -0.39 is 0 Å². The van der Waals surface area contributed by atoms with E-state index in [1.54, 1.807) is 0 Å². The molecule has 0 saturated carbocycles. The van der Waals surface area contributed by atoms with Gasteiger partial charge in [-0.1, -0.05) is 30.3 Å². The van der Waals surface area contributed by atoms with Crippen LogP contribution in [0.3, 0.4) is 0 Å². The van der Waals surface area contributed by atoms with Gasteiger partial charge in [-0.2, -0.15) is 0 Å². The van der Waals surface area contributed by atoms with Crippen LogP contribution in [0, 0.1) is 0 Å². The lowest BCUT2D eigenvalue weighted by molar-refractivity contribution is 1.06. The largest absolute Gasteiger partial charge is 0.378 e. The zero-order chi connectivity index (χ0) is 7.94. The number of hydrogen-bond acceptors (Lipinski definition) is 1. The molecule has 0 heterocycles. The Morgan fingerprint density at radius 3 is 2.64 bits per heavy atom. The van der Waals surface area contributed by atoms with Crippen molar-refractivity contribution >= 4 is 17.7 Å². The molecule has 0 atom stereocenters. The second-order valence-corrected chi connectivity index (χ2v) is 2.35. The van der Waals surface area contributed by atoms with Crippen molar-refractivity contribution in [2.24, 2.45) is 0 Å². The molecular formula is C9H10ClN. The Bertz CT molecular complexity index is 218. The maximum Gasteiger partial charge on any atom is 0.0897 e. The van der Waals surface area contributed by atoms with Gasteiger partial charge in [0.2, 0.25) is 0 Å². The van der Waals surface area contributed by atoms with Crippen LogP contribution in [0.15, 0.2) is 36.5 Å². The van der Waals surface area contributed by atoms with Crippen molar-refractivity contribution in [3.8, 4) is 0 Å². The fourth-order valence-electron chi connectivity index (χ4n) is 0.764. The predicted molar refractivity (Wildman–Crippen MR) is 49.3 cm³/mol. The Kier molecular flexibility index (Phi) is 3.56. The van der Waals surface area contributed by atoms with Crippen LogP contribution in [0.2, 0.25) is 0 Å². The third-order valence-corrected chi connectivity index (χ3v) is 1.42. The fraction of sp³-hybridized carbons (Fsp3) is 0.111. The molecule has 1 N–H and O–H groups in total. The molecule has 2 heteroatoms. The summed E-state index contributed by atoms with van der Waals surface area (Å²) in [6.07, 6.45) is 3.81. The summed E-state index contributed by atoms with van der Waals surface area (Å²) in [7, 11) is 0. The molecule has 1 aromatic rings. The summed E-state index contributed by atoms with van der Waals surface area (Å²) < 4.78 is 0. The van der Waals surface area contributed by atoms with Gasteiger partial charge in [-0.25, -0.2) is 0 Å². The normalized spacial score (nSPS) is 10.3. The Morgan fingerprint density at radius 2 is 2.00 bits per heavy atom. The lowest BCUT2D eigenvalue weighted by atomic mass is 10.2. The third-order valence-electron chi connectivity index (χ3n) is 1.27. The Labute approximate surface area is 71.7 Å². The van der Waals surface area contributed by atoms with Gasteiger partial charge in [0.15, 0.2) is 0 Å². The highest BCUT2D eigenvalue weighted by Crippen LogP contribution is 1.99. The number of halogens is 1. The minimum Gasteiger partial charge on any atom is -0.378 e. The number of alkyl halides is 1. The van der Waals surface area contributed by atoms with Gasteiger partial charge in [-0.15, -0.1) is 11.6 Å². The molecule has 0 radical (unpaired) electrons. The highest BCUT2D eigenvalue weighted by atomic mass is 35.5. The zero-order valence-electron chi connectivity index (χ0n) is 6.13. The van der Waals surface area contributed by atoms with E-state index in [2.05, 4.69) is 5.32 Å². The number of benzene rings is 1. The Morgan fingerprint density at radius 1 is 1.27 bits per heavy atom. The van der Waals surface area contributed by atoms with Gasteiger partial charge in [-0.05, 0) is 17.8 Å². The number of rotatable bonds is 3. The van der Waals surface area contributed by atoms with Crippen LogP contribution in [-0.2, 0) is 0 Å². The molecule has 1 aromatic carbocycles. The lowest BCUT2D eigenvalue weighted by Crippen LogP contribution is -1.98. The number of hydrogen-bond donors (Lipinski definition) is 1. The molecule has 11 heavy (non-hydrogen) atoms.